The third-order valence-corrected chi connectivity index (χ3v) is 3.09. The van der Waals surface area contributed by atoms with Crippen molar-refractivity contribution in [1.82, 2.24) is 5.32 Å². The molecule has 1 aliphatic heterocycles. The van der Waals surface area contributed by atoms with Gasteiger partial charge in [0.15, 0.2) is 0 Å². The van der Waals surface area contributed by atoms with E-state index in [0.29, 0.717) is 11.8 Å². The minimum absolute atomic E-state index is 0.180. The zero-order valence-electron chi connectivity index (χ0n) is 8.31. The van der Waals surface area contributed by atoms with Gasteiger partial charge in [-0.1, -0.05) is 20.3 Å². The molecule has 2 nitrogen and oxygen atoms in total. The van der Waals surface area contributed by atoms with Gasteiger partial charge in [0.25, 0.3) is 0 Å². The predicted octanol–water partition coefficient (Wildman–Crippen LogP) is 1.74. The SMILES string of the molecule is CC(=O)C(C)(C)[C@@H]1CCCCN1. The van der Waals surface area contributed by atoms with Gasteiger partial charge in [0.05, 0.1) is 0 Å². The maximum atomic E-state index is 11.3. The van der Waals surface area contributed by atoms with E-state index in [0.717, 1.165) is 13.0 Å². The molecule has 12 heavy (non-hydrogen) atoms. The molecule has 0 aliphatic carbocycles. The van der Waals surface area contributed by atoms with Gasteiger partial charge in [-0.05, 0) is 26.3 Å². The van der Waals surface area contributed by atoms with E-state index in [1.165, 1.54) is 12.8 Å². The van der Waals surface area contributed by atoms with Gasteiger partial charge in [-0.3, -0.25) is 4.79 Å². The van der Waals surface area contributed by atoms with E-state index in [-0.39, 0.29) is 5.41 Å². The highest BCUT2D eigenvalue weighted by atomic mass is 16.1. The summed E-state index contributed by atoms with van der Waals surface area (Å²) < 4.78 is 0. The van der Waals surface area contributed by atoms with Crippen molar-refractivity contribution in [2.45, 2.75) is 46.1 Å². The highest BCUT2D eigenvalue weighted by Gasteiger charge is 2.34. The lowest BCUT2D eigenvalue weighted by Crippen LogP contribution is -2.48. The van der Waals surface area contributed by atoms with Crippen LogP contribution in [0.4, 0.5) is 0 Å². The van der Waals surface area contributed by atoms with Gasteiger partial charge in [0.2, 0.25) is 0 Å². The average molecular weight is 169 g/mol. The summed E-state index contributed by atoms with van der Waals surface area (Å²) in [5.41, 5.74) is -0.180. The van der Waals surface area contributed by atoms with Crippen LogP contribution in [0.25, 0.3) is 0 Å². The fraction of sp³-hybridized carbons (Fsp3) is 0.900. The Morgan fingerprint density at radius 3 is 2.50 bits per heavy atom. The van der Waals surface area contributed by atoms with Crippen molar-refractivity contribution in [3.63, 3.8) is 0 Å². The fourth-order valence-corrected chi connectivity index (χ4v) is 1.71. The number of carbonyl (C=O) groups is 1. The lowest BCUT2D eigenvalue weighted by Gasteiger charge is -2.35. The molecule has 1 heterocycles. The molecule has 70 valence electrons. The first-order chi connectivity index (χ1) is 5.55. The number of piperidine rings is 1. The number of ketones is 1. The van der Waals surface area contributed by atoms with E-state index in [1.807, 2.05) is 13.8 Å². The van der Waals surface area contributed by atoms with E-state index in [1.54, 1.807) is 6.92 Å². The lowest BCUT2D eigenvalue weighted by molar-refractivity contribution is -0.126. The fourth-order valence-electron chi connectivity index (χ4n) is 1.71. The summed E-state index contributed by atoms with van der Waals surface area (Å²) in [5, 5.41) is 3.42. The van der Waals surface area contributed by atoms with E-state index in [9.17, 15) is 4.79 Å². The largest absolute Gasteiger partial charge is 0.313 e. The topological polar surface area (TPSA) is 29.1 Å². The number of hydrogen-bond acceptors (Lipinski definition) is 2. The molecular formula is C10H19NO. The normalized spacial score (nSPS) is 25.4. The van der Waals surface area contributed by atoms with Crippen LogP contribution >= 0.6 is 0 Å². The zero-order chi connectivity index (χ0) is 9.19. The van der Waals surface area contributed by atoms with Crippen molar-refractivity contribution in [3.05, 3.63) is 0 Å². The smallest absolute Gasteiger partial charge is 0.136 e. The predicted molar refractivity (Wildman–Crippen MR) is 50.1 cm³/mol. The van der Waals surface area contributed by atoms with Crippen LogP contribution < -0.4 is 5.32 Å². The molecular weight excluding hydrogens is 150 g/mol. The molecule has 1 rings (SSSR count). The maximum absolute atomic E-state index is 11.3. The highest BCUT2D eigenvalue weighted by molar-refractivity contribution is 5.82. The number of carbonyl (C=O) groups excluding carboxylic acids is 1. The van der Waals surface area contributed by atoms with Crippen molar-refractivity contribution in [3.8, 4) is 0 Å². The van der Waals surface area contributed by atoms with Crippen molar-refractivity contribution >= 4 is 5.78 Å². The Kier molecular flexibility index (Phi) is 2.89. The summed E-state index contributed by atoms with van der Waals surface area (Å²) in [6.07, 6.45) is 3.66. The maximum Gasteiger partial charge on any atom is 0.136 e. The van der Waals surface area contributed by atoms with Crippen molar-refractivity contribution in [2.24, 2.45) is 5.41 Å². The average Bonchev–Trinajstić information content (AvgIpc) is 2.06. The molecule has 0 amide bonds. The van der Waals surface area contributed by atoms with Gasteiger partial charge in [-0.2, -0.15) is 0 Å². The van der Waals surface area contributed by atoms with E-state index in [4.69, 9.17) is 0 Å². The second-order valence-electron chi connectivity index (χ2n) is 4.28. The van der Waals surface area contributed by atoms with Crippen LogP contribution in [0, 0.1) is 5.41 Å². The van der Waals surface area contributed by atoms with Crippen LogP contribution in [0.15, 0.2) is 0 Å². The van der Waals surface area contributed by atoms with Crippen molar-refractivity contribution in [1.29, 1.82) is 0 Å². The van der Waals surface area contributed by atoms with Crippen LogP contribution in [0.5, 0.6) is 0 Å². The van der Waals surface area contributed by atoms with Crippen molar-refractivity contribution in [2.75, 3.05) is 6.54 Å². The summed E-state index contributed by atoms with van der Waals surface area (Å²) in [4.78, 5) is 11.3. The van der Waals surface area contributed by atoms with Crippen molar-refractivity contribution < 1.29 is 4.79 Å². The molecule has 0 unspecified atom stereocenters. The van der Waals surface area contributed by atoms with E-state index < -0.39 is 0 Å². The number of Topliss-reactive ketones (excluding diaryl/α,β-unsaturated/α-hetero) is 1. The van der Waals surface area contributed by atoms with Gasteiger partial charge in [0, 0.05) is 11.5 Å². The standard InChI is InChI=1S/C10H19NO/c1-8(12)10(2,3)9-6-4-5-7-11-9/h9,11H,4-7H2,1-3H3/t9-/m0/s1. The molecule has 1 saturated heterocycles. The van der Waals surface area contributed by atoms with Crippen LogP contribution in [-0.2, 0) is 4.79 Å². The quantitative estimate of drug-likeness (QED) is 0.682. The molecule has 0 aromatic rings. The molecule has 0 saturated carbocycles. The molecule has 0 aromatic carbocycles. The van der Waals surface area contributed by atoms with Gasteiger partial charge >= 0.3 is 0 Å². The minimum atomic E-state index is -0.180. The molecule has 0 aromatic heterocycles. The van der Waals surface area contributed by atoms with Gasteiger partial charge in [-0.15, -0.1) is 0 Å². The summed E-state index contributed by atoms with van der Waals surface area (Å²) in [7, 11) is 0. The first-order valence-corrected chi connectivity index (χ1v) is 4.79. The second-order valence-corrected chi connectivity index (χ2v) is 4.28. The summed E-state index contributed by atoms with van der Waals surface area (Å²) in [6, 6.07) is 0.392. The Bertz CT molecular complexity index is 169. The Hall–Kier alpha value is -0.370. The molecule has 1 N–H and O–H groups in total. The summed E-state index contributed by atoms with van der Waals surface area (Å²) >= 11 is 0. The third kappa shape index (κ3) is 1.86. The molecule has 1 fully saturated rings. The lowest BCUT2D eigenvalue weighted by atomic mass is 9.77. The number of nitrogens with one attached hydrogen (secondary N) is 1. The number of rotatable bonds is 2. The monoisotopic (exact) mass is 169 g/mol. The number of hydrogen-bond donors (Lipinski definition) is 1. The van der Waals surface area contributed by atoms with Gasteiger partial charge in [0.1, 0.15) is 5.78 Å². The Labute approximate surface area is 74.7 Å². The molecule has 2 heteroatoms. The molecule has 1 atom stereocenters. The van der Waals surface area contributed by atoms with Gasteiger partial charge < -0.3 is 5.32 Å². The third-order valence-electron chi connectivity index (χ3n) is 3.09. The molecule has 0 bridgehead atoms. The summed E-state index contributed by atoms with van der Waals surface area (Å²) in [6.45, 7) is 6.84. The van der Waals surface area contributed by atoms with E-state index in [2.05, 4.69) is 5.32 Å². The van der Waals surface area contributed by atoms with Crippen LogP contribution in [-0.4, -0.2) is 18.4 Å². The first kappa shape index (κ1) is 9.72. The van der Waals surface area contributed by atoms with Crippen LogP contribution in [0.2, 0.25) is 0 Å². The minimum Gasteiger partial charge on any atom is -0.313 e. The van der Waals surface area contributed by atoms with Crippen LogP contribution in [0.3, 0.4) is 0 Å². The second kappa shape index (κ2) is 3.56. The molecule has 1 aliphatic rings. The first-order valence-electron chi connectivity index (χ1n) is 4.79. The van der Waals surface area contributed by atoms with Gasteiger partial charge in [-0.25, -0.2) is 0 Å². The highest BCUT2D eigenvalue weighted by Crippen LogP contribution is 2.27. The Morgan fingerprint density at radius 1 is 1.42 bits per heavy atom. The zero-order valence-corrected chi connectivity index (χ0v) is 8.31. The Balaban J connectivity index is 2.59. The molecule has 0 radical (unpaired) electrons. The van der Waals surface area contributed by atoms with E-state index >= 15 is 0 Å². The Morgan fingerprint density at radius 2 is 2.08 bits per heavy atom. The summed E-state index contributed by atoms with van der Waals surface area (Å²) in [5.74, 6) is 0.293. The van der Waals surface area contributed by atoms with Crippen LogP contribution in [0.1, 0.15) is 40.0 Å². The molecule has 0 spiro atoms.